The van der Waals surface area contributed by atoms with E-state index in [1.165, 1.54) is 30.8 Å². The number of hydrogen-bond donors (Lipinski definition) is 1. The molecule has 2 aromatic carbocycles. The fraction of sp³-hybridized carbons (Fsp3) is 0.350. The van der Waals surface area contributed by atoms with Crippen LogP contribution in [-0.4, -0.2) is 36.5 Å². The summed E-state index contributed by atoms with van der Waals surface area (Å²) >= 11 is 1.72. The maximum absolute atomic E-state index is 12.5. The number of benzene rings is 2. The number of amides is 1. The highest BCUT2D eigenvalue weighted by molar-refractivity contribution is 7.99. The van der Waals surface area contributed by atoms with E-state index in [9.17, 15) is 4.79 Å². The van der Waals surface area contributed by atoms with Gasteiger partial charge in [0.2, 0.25) is 0 Å². The van der Waals surface area contributed by atoms with Crippen LogP contribution in [0.25, 0.3) is 0 Å². The van der Waals surface area contributed by atoms with Gasteiger partial charge in [-0.05, 0) is 68.2 Å². The third kappa shape index (κ3) is 3.50. The average molecular weight is 338 g/mol. The standard InChI is InChI=1S/C20H22N2OS/c23-20(21-19-14-22-12-10-15(19)11-13-22)16-6-8-18(9-7-16)24-17-4-2-1-3-5-17/h1-9,15,19H,10-14H2,(H,21,23). The number of piperidine rings is 3. The minimum Gasteiger partial charge on any atom is -0.348 e. The predicted octanol–water partition coefficient (Wildman–Crippen LogP) is 3.66. The van der Waals surface area contributed by atoms with E-state index in [1.807, 2.05) is 42.5 Å². The van der Waals surface area contributed by atoms with Gasteiger partial charge in [-0.2, -0.15) is 0 Å². The fourth-order valence-electron chi connectivity index (χ4n) is 3.68. The van der Waals surface area contributed by atoms with Crippen molar-refractivity contribution < 1.29 is 4.79 Å². The van der Waals surface area contributed by atoms with Gasteiger partial charge in [0.15, 0.2) is 0 Å². The molecule has 1 atom stereocenters. The van der Waals surface area contributed by atoms with Gasteiger partial charge in [0.25, 0.3) is 5.91 Å². The lowest BCUT2D eigenvalue weighted by Crippen LogP contribution is -2.57. The highest BCUT2D eigenvalue weighted by Crippen LogP contribution is 2.29. The van der Waals surface area contributed by atoms with Crippen LogP contribution in [0.5, 0.6) is 0 Å². The Morgan fingerprint density at radius 1 is 0.958 bits per heavy atom. The van der Waals surface area contributed by atoms with Gasteiger partial charge >= 0.3 is 0 Å². The summed E-state index contributed by atoms with van der Waals surface area (Å²) in [6.07, 6.45) is 2.44. The molecule has 3 fully saturated rings. The van der Waals surface area contributed by atoms with E-state index in [1.54, 1.807) is 11.8 Å². The Kier molecular flexibility index (Phi) is 4.58. The first-order valence-electron chi connectivity index (χ1n) is 8.64. The average Bonchev–Trinajstić information content (AvgIpc) is 2.64. The number of hydrogen-bond acceptors (Lipinski definition) is 3. The van der Waals surface area contributed by atoms with E-state index in [-0.39, 0.29) is 5.91 Å². The Morgan fingerprint density at radius 3 is 2.25 bits per heavy atom. The topological polar surface area (TPSA) is 32.3 Å². The van der Waals surface area contributed by atoms with E-state index >= 15 is 0 Å². The molecule has 0 aliphatic carbocycles. The quantitative estimate of drug-likeness (QED) is 0.923. The minimum atomic E-state index is 0.0602. The zero-order chi connectivity index (χ0) is 16.4. The van der Waals surface area contributed by atoms with Crippen molar-refractivity contribution in [2.75, 3.05) is 19.6 Å². The Bertz CT molecular complexity index is 693. The maximum atomic E-state index is 12.5. The van der Waals surface area contributed by atoms with Crippen LogP contribution in [0.3, 0.4) is 0 Å². The molecule has 3 nitrogen and oxygen atoms in total. The molecule has 5 rings (SSSR count). The molecule has 0 aromatic heterocycles. The van der Waals surface area contributed by atoms with Crippen molar-refractivity contribution in [3.63, 3.8) is 0 Å². The zero-order valence-electron chi connectivity index (χ0n) is 13.7. The largest absolute Gasteiger partial charge is 0.348 e. The van der Waals surface area contributed by atoms with E-state index in [0.717, 1.165) is 17.0 Å². The van der Waals surface area contributed by atoms with Crippen LogP contribution < -0.4 is 5.32 Å². The van der Waals surface area contributed by atoms with Gasteiger partial charge in [-0.15, -0.1) is 0 Å². The molecule has 2 bridgehead atoms. The van der Waals surface area contributed by atoms with Crippen LogP contribution in [0.4, 0.5) is 0 Å². The zero-order valence-corrected chi connectivity index (χ0v) is 14.5. The van der Waals surface area contributed by atoms with Gasteiger partial charge in [-0.3, -0.25) is 4.79 Å². The summed E-state index contributed by atoms with van der Waals surface area (Å²) in [7, 11) is 0. The first kappa shape index (κ1) is 15.7. The monoisotopic (exact) mass is 338 g/mol. The summed E-state index contributed by atoms with van der Waals surface area (Å²) in [6.45, 7) is 3.41. The van der Waals surface area contributed by atoms with E-state index < -0.39 is 0 Å². The third-order valence-corrected chi connectivity index (χ3v) is 6.08. The van der Waals surface area contributed by atoms with Crippen LogP contribution in [-0.2, 0) is 0 Å². The van der Waals surface area contributed by atoms with Crippen molar-refractivity contribution in [2.45, 2.75) is 28.7 Å². The molecule has 0 spiro atoms. The summed E-state index contributed by atoms with van der Waals surface area (Å²) in [5.74, 6) is 0.719. The van der Waals surface area contributed by atoms with Crippen LogP contribution in [0.1, 0.15) is 23.2 Å². The van der Waals surface area contributed by atoms with Gasteiger partial charge in [0.05, 0.1) is 0 Å². The van der Waals surface area contributed by atoms with Gasteiger partial charge in [-0.25, -0.2) is 0 Å². The highest BCUT2D eigenvalue weighted by atomic mass is 32.2. The van der Waals surface area contributed by atoms with Crippen molar-refractivity contribution in [1.82, 2.24) is 10.2 Å². The van der Waals surface area contributed by atoms with Crippen molar-refractivity contribution >= 4 is 17.7 Å². The maximum Gasteiger partial charge on any atom is 0.251 e. The highest BCUT2D eigenvalue weighted by Gasteiger charge is 2.34. The van der Waals surface area contributed by atoms with Gasteiger partial charge in [-0.1, -0.05) is 30.0 Å². The second-order valence-corrected chi connectivity index (χ2v) is 7.80. The number of rotatable bonds is 4. The van der Waals surface area contributed by atoms with Crippen LogP contribution in [0.2, 0.25) is 0 Å². The molecule has 3 aliphatic rings. The second kappa shape index (κ2) is 6.99. The van der Waals surface area contributed by atoms with Crippen molar-refractivity contribution in [3.05, 3.63) is 60.2 Å². The fourth-order valence-corrected chi connectivity index (χ4v) is 4.52. The molecule has 4 heteroatoms. The van der Waals surface area contributed by atoms with Crippen LogP contribution in [0, 0.1) is 5.92 Å². The number of fused-ring (bicyclic) bond motifs is 3. The summed E-state index contributed by atoms with van der Waals surface area (Å²) in [5.41, 5.74) is 0.754. The minimum absolute atomic E-state index is 0.0602. The lowest BCUT2D eigenvalue weighted by atomic mass is 9.84. The van der Waals surface area contributed by atoms with Crippen molar-refractivity contribution in [2.24, 2.45) is 5.92 Å². The lowest BCUT2D eigenvalue weighted by Gasteiger charge is -2.44. The van der Waals surface area contributed by atoms with E-state index in [4.69, 9.17) is 0 Å². The molecule has 3 heterocycles. The first-order valence-corrected chi connectivity index (χ1v) is 9.46. The Balaban J connectivity index is 1.38. The number of carbonyl (C=O) groups is 1. The summed E-state index contributed by atoms with van der Waals surface area (Å²) < 4.78 is 0. The molecular formula is C20H22N2OS. The number of carbonyl (C=O) groups excluding carboxylic acids is 1. The molecule has 1 amide bonds. The summed E-state index contributed by atoms with van der Waals surface area (Å²) in [4.78, 5) is 17.3. The van der Waals surface area contributed by atoms with Gasteiger partial charge in [0.1, 0.15) is 0 Å². The normalized spacial score (nSPS) is 25.4. The van der Waals surface area contributed by atoms with Crippen LogP contribution >= 0.6 is 11.8 Å². The Hall–Kier alpha value is -1.78. The molecule has 3 saturated heterocycles. The number of nitrogens with zero attached hydrogens (tertiary/aromatic N) is 1. The molecule has 0 radical (unpaired) electrons. The molecule has 0 saturated carbocycles. The molecule has 24 heavy (non-hydrogen) atoms. The second-order valence-electron chi connectivity index (χ2n) is 6.66. The van der Waals surface area contributed by atoms with Gasteiger partial charge in [0, 0.05) is 27.9 Å². The molecule has 2 aromatic rings. The smallest absolute Gasteiger partial charge is 0.251 e. The molecule has 1 N–H and O–H groups in total. The molecule has 124 valence electrons. The van der Waals surface area contributed by atoms with E-state index in [2.05, 4.69) is 22.3 Å². The molecule has 1 unspecified atom stereocenters. The van der Waals surface area contributed by atoms with Crippen molar-refractivity contribution in [1.29, 1.82) is 0 Å². The molecular weight excluding hydrogens is 316 g/mol. The van der Waals surface area contributed by atoms with Gasteiger partial charge < -0.3 is 10.2 Å². The third-order valence-electron chi connectivity index (χ3n) is 5.07. The summed E-state index contributed by atoms with van der Waals surface area (Å²) in [6, 6.07) is 18.5. The lowest BCUT2D eigenvalue weighted by molar-refractivity contribution is 0.0620. The Labute approximate surface area is 147 Å². The SMILES string of the molecule is O=C(NC1CN2CCC1CC2)c1ccc(Sc2ccccc2)cc1. The Morgan fingerprint density at radius 2 is 1.62 bits per heavy atom. The predicted molar refractivity (Wildman–Crippen MR) is 97.4 cm³/mol. The first-order chi connectivity index (χ1) is 11.8. The molecule has 3 aliphatic heterocycles. The number of nitrogens with one attached hydrogen (secondary N) is 1. The van der Waals surface area contributed by atoms with Crippen LogP contribution in [0.15, 0.2) is 64.4 Å². The summed E-state index contributed by atoms with van der Waals surface area (Å²) in [5, 5.41) is 3.25. The van der Waals surface area contributed by atoms with E-state index in [0.29, 0.717) is 12.0 Å². The van der Waals surface area contributed by atoms with Crippen molar-refractivity contribution in [3.8, 4) is 0 Å².